The smallest absolute Gasteiger partial charge is 0.0316 e. The fourth-order valence-electron chi connectivity index (χ4n) is 2.06. The molecule has 0 amide bonds. The first-order chi connectivity index (χ1) is 7.84. The molecular weight excluding hydrogens is 216 g/mol. The van der Waals surface area contributed by atoms with Crippen molar-refractivity contribution < 1.29 is 0 Å². The van der Waals surface area contributed by atoms with Gasteiger partial charge in [-0.25, -0.2) is 0 Å². The van der Waals surface area contributed by atoms with Crippen molar-refractivity contribution in [2.75, 3.05) is 36.9 Å². The molecule has 2 rings (SSSR count). The van der Waals surface area contributed by atoms with Crippen LogP contribution in [0.5, 0.6) is 0 Å². The minimum absolute atomic E-state index is 0.879. The third-order valence-electron chi connectivity index (χ3n) is 2.98. The van der Waals surface area contributed by atoms with E-state index in [1.165, 1.54) is 43.1 Å². The van der Waals surface area contributed by atoms with Gasteiger partial charge in [-0.2, -0.15) is 11.8 Å². The molecule has 1 aromatic rings. The molecule has 0 unspecified atom stereocenters. The molecule has 3 heteroatoms. The van der Waals surface area contributed by atoms with E-state index < -0.39 is 0 Å². The summed E-state index contributed by atoms with van der Waals surface area (Å²) in [5, 5.41) is 0. The highest BCUT2D eigenvalue weighted by atomic mass is 32.2. The van der Waals surface area contributed by atoms with Crippen LogP contribution < -0.4 is 5.73 Å². The maximum atomic E-state index is 5.78. The minimum atomic E-state index is 0.879. The molecule has 0 aliphatic carbocycles. The predicted molar refractivity (Wildman–Crippen MR) is 72.9 cm³/mol. The topological polar surface area (TPSA) is 29.3 Å². The summed E-state index contributed by atoms with van der Waals surface area (Å²) < 4.78 is 0. The molecule has 0 bridgehead atoms. The molecule has 0 spiro atoms. The van der Waals surface area contributed by atoms with Gasteiger partial charge < -0.3 is 10.6 Å². The number of benzene rings is 1. The molecule has 1 saturated heterocycles. The predicted octanol–water partition coefficient (Wildman–Crippen LogP) is 2.25. The third kappa shape index (κ3) is 3.72. The van der Waals surface area contributed by atoms with Crippen molar-refractivity contribution in [1.29, 1.82) is 0 Å². The first-order valence-electron chi connectivity index (χ1n) is 5.99. The van der Waals surface area contributed by atoms with E-state index in [1.54, 1.807) is 0 Å². The standard InChI is InChI=1S/C13H20N2S/c14-13-4-1-3-12(11-13)5-7-15-6-2-9-16-10-8-15/h1,3-4,11H,2,5-10,14H2. The molecule has 1 aliphatic rings. The lowest BCUT2D eigenvalue weighted by Crippen LogP contribution is -2.28. The number of nitrogens with zero attached hydrogens (tertiary/aromatic N) is 1. The quantitative estimate of drug-likeness (QED) is 0.816. The molecular formula is C13H20N2S. The maximum Gasteiger partial charge on any atom is 0.0316 e. The zero-order chi connectivity index (χ0) is 11.2. The Labute approximate surface area is 102 Å². The first-order valence-corrected chi connectivity index (χ1v) is 7.14. The van der Waals surface area contributed by atoms with E-state index >= 15 is 0 Å². The van der Waals surface area contributed by atoms with Gasteiger partial charge in [0.25, 0.3) is 0 Å². The Kier molecular flexibility index (Phi) is 4.55. The molecule has 16 heavy (non-hydrogen) atoms. The highest BCUT2D eigenvalue weighted by Gasteiger charge is 2.08. The molecule has 2 nitrogen and oxygen atoms in total. The highest BCUT2D eigenvalue weighted by molar-refractivity contribution is 7.99. The van der Waals surface area contributed by atoms with Gasteiger partial charge in [0.15, 0.2) is 0 Å². The lowest BCUT2D eigenvalue weighted by atomic mass is 10.1. The fraction of sp³-hybridized carbons (Fsp3) is 0.538. The number of hydrogen-bond acceptors (Lipinski definition) is 3. The van der Waals surface area contributed by atoms with Crippen molar-refractivity contribution in [2.45, 2.75) is 12.8 Å². The fourth-order valence-corrected chi connectivity index (χ4v) is 2.98. The summed E-state index contributed by atoms with van der Waals surface area (Å²) in [4.78, 5) is 2.57. The number of anilines is 1. The van der Waals surface area contributed by atoms with Crippen LogP contribution >= 0.6 is 11.8 Å². The van der Waals surface area contributed by atoms with Crippen molar-refractivity contribution in [1.82, 2.24) is 4.90 Å². The van der Waals surface area contributed by atoms with Gasteiger partial charge in [-0.15, -0.1) is 0 Å². The Morgan fingerprint density at radius 1 is 1.25 bits per heavy atom. The highest BCUT2D eigenvalue weighted by Crippen LogP contribution is 2.12. The Morgan fingerprint density at radius 3 is 3.06 bits per heavy atom. The normalized spacial score (nSPS) is 18.2. The Bertz CT molecular complexity index is 319. The van der Waals surface area contributed by atoms with E-state index in [0.29, 0.717) is 0 Å². The molecule has 0 aromatic heterocycles. The van der Waals surface area contributed by atoms with Crippen molar-refractivity contribution >= 4 is 17.4 Å². The molecule has 1 aromatic carbocycles. The average Bonchev–Trinajstić information content (AvgIpc) is 2.55. The van der Waals surface area contributed by atoms with Crippen molar-refractivity contribution in [3.8, 4) is 0 Å². The largest absolute Gasteiger partial charge is 0.399 e. The zero-order valence-corrected chi connectivity index (χ0v) is 10.5. The summed E-state index contributed by atoms with van der Waals surface area (Å²) in [7, 11) is 0. The summed E-state index contributed by atoms with van der Waals surface area (Å²) in [6.07, 6.45) is 2.46. The van der Waals surface area contributed by atoms with Crippen molar-refractivity contribution in [3.05, 3.63) is 29.8 Å². The van der Waals surface area contributed by atoms with Gasteiger partial charge in [0, 0.05) is 24.5 Å². The molecule has 0 atom stereocenters. The summed E-state index contributed by atoms with van der Waals surface area (Å²) in [6.45, 7) is 3.67. The summed E-state index contributed by atoms with van der Waals surface area (Å²) in [6, 6.07) is 8.25. The Hall–Kier alpha value is -0.670. The van der Waals surface area contributed by atoms with Gasteiger partial charge in [-0.1, -0.05) is 12.1 Å². The monoisotopic (exact) mass is 236 g/mol. The summed E-state index contributed by atoms with van der Waals surface area (Å²) in [5.74, 6) is 2.62. The summed E-state index contributed by atoms with van der Waals surface area (Å²) >= 11 is 2.08. The number of nitrogen functional groups attached to an aromatic ring is 1. The van der Waals surface area contributed by atoms with E-state index in [2.05, 4.69) is 28.8 Å². The first kappa shape index (κ1) is 11.8. The molecule has 1 fully saturated rings. The van der Waals surface area contributed by atoms with E-state index in [4.69, 9.17) is 5.73 Å². The third-order valence-corrected chi connectivity index (χ3v) is 4.03. The van der Waals surface area contributed by atoms with Crippen molar-refractivity contribution in [2.24, 2.45) is 0 Å². The molecule has 0 radical (unpaired) electrons. The lowest BCUT2D eigenvalue weighted by molar-refractivity contribution is 0.299. The second kappa shape index (κ2) is 6.16. The second-order valence-corrected chi connectivity index (χ2v) is 5.53. The van der Waals surface area contributed by atoms with Gasteiger partial charge in [0.2, 0.25) is 0 Å². The molecule has 1 aliphatic heterocycles. The van der Waals surface area contributed by atoms with Crippen LogP contribution in [-0.2, 0) is 6.42 Å². The van der Waals surface area contributed by atoms with Crippen LogP contribution in [0.4, 0.5) is 5.69 Å². The van der Waals surface area contributed by atoms with Crippen LogP contribution in [0.3, 0.4) is 0 Å². The zero-order valence-electron chi connectivity index (χ0n) is 9.69. The lowest BCUT2D eigenvalue weighted by Gasteiger charge is -2.19. The molecule has 0 saturated carbocycles. The van der Waals surface area contributed by atoms with Crippen LogP contribution in [0.2, 0.25) is 0 Å². The number of thioether (sulfide) groups is 1. The Balaban J connectivity index is 1.81. The van der Waals surface area contributed by atoms with Gasteiger partial charge in [0.05, 0.1) is 0 Å². The van der Waals surface area contributed by atoms with Crippen LogP contribution in [0.25, 0.3) is 0 Å². The van der Waals surface area contributed by atoms with Gasteiger partial charge >= 0.3 is 0 Å². The second-order valence-electron chi connectivity index (χ2n) is 4.30. The van der Waals surface area contributed by atoms with E-state index in [0.717, 1.165) is 12.1 Å². The summed E-state index contributed by atoms with van der Waals surface area (Å²) in [5.41, 5.74) is 8.01. The number of nitrogens with two attached hydrogens (primary N) is 1. The van der Waals surface area contributed by atoms with Gasteiger partial charge in [0.1, 0.15) is 0 Å². The van der Waals surface area contributed by atoms with Crippen LogP contribution in [0.15, 0.2) is 24.3 Å². The van der Waals surface area contributed by atoms with Crippen LogP contribution in [0, 0.1) is 0 Å². The van der Waals surface area contributed by atoms with E-state index in [1.807, 2.05) is 12.1 Å². The average molecular weight is 236 g/mol. The molecule has 88 valence electrons. The van der Waals surface area contributed by atoms with E-state index in [-0.39, 0.29) is 0 Å². The Morgan fingerprint density at radius 2 is 2.19 bits per heavy atom. The van der Waals surface area contributed by atoms with Gasteiger partial charge in [-0.3, -0.25) is 0 Å². The number of rotatable bonds is 3. The van der Waals surface area contributed by atoms with Gasteiger partial charge in [-0.05, 0) is 42.8 Å². The molecule has 1 heterocycles. The SMILES string of the molecule is Nc1cccc(CCN2CCCSCC2)c1. The van der Waals surface area contributed by atoms with E-state index in [9.17, 15) is 0 Å². The van der Waals surface area contributed by atoms with Crippen LogP contribution in [-0.4, -0.2) is 36.0 Å². The van der Waals surface area contributed by atoms with Crippen LogP contribution in [0.1, 0.15) is 12.0 Å². The molecule has 2 N–H and O–H groups in total. The number of hydrogen-bond donors (Lipinski definition) is 1. The maximum absolute atomic E-state index is 5.78. The van der Waals surface area contributed by atoms with Crippen molar-refractivity contribution in [3.63, 3.8) is 0 Å². The minimum Gasteiger partial charge on any atom is -0.399 e.